The van der Waals surface area contributed by atoms with E-state index in [1.54, 1.807) is 7.11 Å². The second-order valence-electron chi connectivity index (χ2n) is 4.72. The van der Waals surface area contributed by atoms with Crippen LogP contribution in [0, 0.1) is 0 Å². The molecule has 0 aliphatic heterocycles. The van der Waals surface area contributed by atoms with Crippen LogP contribution in [-0.2, 0) is 11.2 Å². The molecule has 1 saturated carbocycles. The summed E-state index contributed by atoms with van der Waals surface area (Å²) in [5.41, 5.74) is 1.21. The van der Waals surface area contributed by atoms with Gasteiger partial charge in [-0.1, -0.05) is 13.0 Å². The van der Waals surface area contributed by atoms with E-state index in [0.717, 1.165) is 12.2 Å². The lowest BCUT2D eigenvalue weighted by Gasteiger charge is -2.40. The molecule has 0 amide bonds. The highest BCUT2D eigenvalue weighted by Gasteiger charge is 2.43. The first-order valence-electron chi connectivity index (χ1n) is 6.82. The molecule has 3 unspecified atom stereocenters. The summed E-state index contributed by atoms with van der Waals surface area (Å²) in [4.78, 5) is 0. The molecule has 0 spiro atoms. The van der Waals surface area contributed by atoms with Crippen molar-refractivity contribution in [1.29, 1.82) is 0 Å². The molecule has 0 aromatic heterocycles. The van der Waals surface area contributed by atoms with Gasteiger partial charge in [-0.05, 0) is 31.0 Å². The fourth-order valence-electron chi connectivity index (χ4n) is 2.28. The number of rotatable bonds is 6. The van der Waals surface area contributed by atoms with Crippen molar-refractivity contribution in [2.45, 2.75) is 45.0 Å². The fourth-order valence-corrected chi connectivity index (χ4v) is 2.28. The highest BCUT2D eigenvalue weighted by atomic mass is 16.6. The average Bonchev–Trinajstić information content (AvgIpc) is 2.44. The van der Waals surface area contributed by atoms with E-state index in [1.807, 2.05) is 25.1 Å². The lowest BCUT2D eigenvalue weighted by atomic mass is 9.88. The van der Waals surface area contributed by atoms with Gasteiger partial charge in [0.2, 0.25) is 0 Å². The topological polar surface area (TPSA) is 47.9 Å². The Hall–Kier alpha value is -1.26. The average molecular weight is 266 g/mol. The molecule has 19 heavy (non-hydrogen) atoms. The summed E-state index contributed by atoms with van der Waals surface area (Å²) in [6, 6.07) is 5.94. The first-order chi connectivity index (χ1) is 9.19. The quantitative estimate of drug-likeness (QED) is 0.857. The van der Waals surface area contributed by atoms with Gasteiger partial charge >= 0.3 is 0 Å². The van der Waals surface area contributed by atoms with E-state index >= 15 is 0 Å². The Morgan fingerprint density at radius 1 is 1.26 bits per heavy atom. The molecule has 0 bridgehead atoms. The van der Waals surface area contributed by atoms with Crippen molar-refractivity contribution in [2.24, 2.45) is 0 Å². The van der Waals surface area contributed by atoms with Gasteiger partial charge in [0.1, 0.15) is 12.2 Å². The summed E-state index contributed by atoms with van der Waals surface area (Å²) < 4.78 is 16.7. The molecule has 4 heteroatoms. The van der Waals surface area contributed by atoms with Crippen LogP contribution in [0.5, 0.6) is 11.5 Å². The van der Waals surface area contributed by atoms with Crippen molar-refractivity contribution < 1.29 is 19.3 Å². The van der Waals surface area contributed by atoms with Crippen LogP contribution in [0.25, 0.3) is 0 Å². The second-order valence-corrected chi connectivity index (χ2v) is 4.72. The summed E-state index contributed by atoms with van der Waals surface area (Å²) in [7, 11) is 1.64. The fraction of sp³-hybridized carbons (Fsp3) is 0.600. The number of aliphatic hydroxyl groups is 1. The Bertz CT molecular complexity index is 419. The Kier molecular flexibility index (Phi) is 4.66. The molecule has 1 aromatic carbocycles. The standard InChI is InChI=1S/C15H22O4/c1-4-10-6-7-12(13(8-10)17-3)19-14-9-11(16)15(14)18-5-2/h6-8,11,14-16H,4-5,9H2,1-3H3. The Morgan fingerprint density at radius 3 is 2.63 bits per heavy atom. The lowest BCUT2D eigenvalue weighted by Crippen LogP contribution is -2.55. The van der Waals surface area contributed by atoms with Crippen molar-refractivity contribution in [3.63, 3.8) is 0 Å². The molecule has 3 atom stereocenters. The highest BCUT2D eigenvalue weighted by molar-refractivity contribution is 5.43. The number of aryl methyl sites for hydroxylation is 1. The summed E-state index contributed by atoms with van der Waals surface area (Å²) >= 11 is 0. The number of methoxy groups -OCH3 is 1. The monoisotopic (exact) mass is 266 g/mol. The number of hydrogen-bond donors (Lipinski definition) is 1. The largest absolute Gasteiger partial charge is 0.493 e. The van der Waals surface area contributed by atoms with Gasteiger partial charge in [0.25, 0.3) is 0 Å². The van der Waals surface area contributed by atoms with Crippen molar-refractivity contribution >= 4 is 0 Å². The van der Waals surface area contributed by atoms with Gasteiger partial charge < -0.3 is 19.3 Å². The predicted molar refractivity (Wildman–Crippen MR) is 72.8 cm³/mol. The zero-order chi connectivity index (χ0) is 13.8. The van der Waals surface area contributed by atoms with Gasteiger partial charge in [-0.2, -0.15) is 0 Å². The Balaban J connectivity index is 2.06. The van der Waals surface area contributed by atoms with Gasteiger partial charge in [-0.15, -0.1) is 0 Å². The molecule has 4 nitrogen and oxygen atoms in total. The number of ether oxygens (including phenoxy) is 3. The van der Waals surface area contributed by atoms with E-state index in [9.17, 15) is 5.11 Å². The molecule has 1 N–H and O–H groups in total. The molecule has 1 aromatic rings. The van der Waals surface area contributed by atoms with Crippen LogP contribution in [0.15, 0.2) is 18.2 Å². The maximum Gasteiger partial charge on any atom is 0.161 e. The third kappa shape index (κ3) is 3.01. The molecular formula is C15H22O4. The third-order valence-electron chi connectivity index (χ3n) is 3.49. The molecule has 0 radical (unpaired) electrons. The first kappa shape index (κ1) is 14.2. The zero-order valence-corrected chi connectivity index (χ0v) is 11.8. The maximum absolute atomic E-state index is 9.66. The molecule has 2 rings (SSSR count). The second kappa shape index (κ2) is 6.26. The normalized spacial score (nSPS) is 25.8. The van der Waals surface area contributed by atoms with Crippen LogP contribution in [0.3, 0.4) is 0 Å². The molecule has 0 saturated heterocycles. The maximum atomic E-state index is 9.66. The van der Waals surface area contributed by atoms with Crippen molar-refractivity contribution in [1.82, 2.24) is 0 Å². The predicted octanol–water partition coefficient (Wildman–Crippen LogP) is 2.17. The summed E-state index contributed by atoms with van der Waals surface area (Å²) in [6.45, 7) is 4.59. The number of benzene rings is 1. The van der Waals surface area contributed by atoms with Crippen molar-refractivity contribution in [3.05, 3.63) is 23.8 Å². The van der Waals surface area contributed by atoms with E-state index < -0.39 is 6.10 Å². The first-order valence-corrected chi connectivity index (χ1v) is 6.82. The van der Waals surface area contributed by atoms with Crippen LogP contribution in [0.1, 0.15) is 25.8 Å². The third-order valence-corrected chi connectivity index (χ3v) is 3.49. The molecule has 1 aliphatic carbocycles. The summed E-state index contributed by atoms with van der Waals surface area (Å²) in [6.07, 6.45) is 0.798. The van der Waals surface area contributed by atoms with Crippen molar-refractivity contribution in [3.8, 4) is 11.5 Å². The van der Waals surface area contributed by atoms with Gasteiger partial charge in [0.15, 0.2) is 11.5 Å². The molecule has 1 fully saturated rings. The van der Waals surface area contributed by atoms with Crippen LogP contribution < -0.4 is 9.47 Å². The molecule has 0 heterocycles. The number of aliphatic hydroxyl groups excluding tert-OH is 1. The van der Waals surface area contributed by atoms with Crippen LogP contribution >= 0.6 is 0 Å². The Morgan fingerprint density at radius 2 is 2.05 bits per heavy atom. The SMILES string of the molecule is CCOC1C(O)CC1Oc1ccc(CC)cc1OC. The van der Waals surface area contributed by atoms with Crippen LogP contribution in [0.2, 0.25) is 0 Å². The van der Waals surface area contributed by atoms with Gasteiger partial charge in [-0.25, -0.2) is 0 Å². The smallest absolute Gasteiger partial charge is 0.161 e. The van der Waals surface area contributed by atoms with E-state index in [1.165, 1.54) is 5.56 Å². The van der Waals surface area contributed by atoms with Crippen molar-refractivity contribution in [2.75, 3.05) is 13.7 Å². The molecular weight excluding hydrogens is 244 g/mol. The zero-order valence-electron chi connectivity index (χ0n) is 11.8. The molecule has 1 aliphatic rings. The van der Waals surface area contributed by atoms with Crippen LogP contribution in [-0.4, -0.2) is 37.1 Å². The van der Waals surface area contributed by atoms with E-state index in [2.05, 4.69) is 6.92 Å². The van der Waals surface area contributed by atoms with E-state index in [4.69, 9.17) is 14.2 Å². The minimum absolute atomic E-state index is 0.101. The summed E-state index contributed by atoms with van der Waals surface area (Å²) in [5, 5.41) is 9.66. The molecule has 106 valence electrons. The van der Waals surface area contributed by atoms with E-state index in [-0.39, 0.29) is 12.2 Å². The van der Waals surface area contributed by atoms with E-state index in [0.29, 0.717) is 18.8 Å². The lowest BCUT2D eigenvalue weighted by molar-refractivity contribution is -0.160. The van der Waals surface area contributed by atoms with Gasteiger partial charge in [0.05, 0.1) is 13.2 Å². The Labute approximate surface area is 114 Å². The minimum Gasteiger partial charge on any atom is -0.493 e. The minimum atomic E-state index is -0.425. The number of hydrogen-bond acceptors (Lipinski definition) is 4. The summed E-state index contributed by atoms with van der Waals surface area (Å²) in [5.74, 6) is 1.44. The van der Waals surface area contributed by atoms with Crippen LogP contribution in [0.4, 0.5) is 0 Å². The van der Waals surface area contributed by atoms with Gasteiger partial charge in [0, 0.05) is 13.0 Å². The van der Waals surface area contributed by atoms with Gasteiger partial charge in [-0.3, -0.25) is 0 Å². The highest BCUT2D eigenvalue weighted by Crippen LogP contribution is 2.34.